The van der Waals surface area contributed by atoms with Gasteiger partial charge in [-0.05, 0) is 70.2 Å². The van der Waals surface area contributed by atoms with Crippen LogP contribution in [-0.2, 0) is 0 Å². The smallest absolute Gasteiger partial charge is 0.261 e. The lowest BCUT2D eigenvalue weighted by atomic mass is 10.1. The van der Waals surface area contributed by atoms with Gasteiger partial charge in [0, 0.05) is 6.54 Å². The molecule has 1 amide bonds. The lowest BCUT2D eigenvalue weighted by Gasteiger charge is -2.21. The molecule has 4 nitrogen and oxygen atoms in total. The van der Waals surface area contributed by atoms with Gasteiger partial charge in [-0.3, -0.25) is 9.69 Å². The maximum Gasteiger partial charge on any atom is 0.261 e. The highest BCUT2D eigenvalue weighted by Gasteiger charge is 2.23. The summed E-state index contributed by atoms with van der Waals surface area (Å²) in [6.45, 7) is 5.65. The Balaban J connectivity index is 2.00. The average Bonchev–Trinajstić information content (AvgIpc) is 3.06. The van der Waals surface area contributed by atoms with Crippen molar-refractivity contribution in [3.8, 4) is 0 Å². The van der Waals surface area contributed by atoms with Gasteiger partial charge < -0.3 is 4.90 Å². The lowest BCUT2D eigenvalue weighted by molar-refractivity contribution is 0.0986. The molecule has 0 N–H and O–H groups in total. The maximum atomic E-state index is 13.3. The van der Waals surface area contributed by atoms with Crippen molar-refractivity contribution in [3.05, 3.63) is 58.1 Å². The van der Waals surface area contributed by atoms with Crippen LogP contribution in [0.4, 0.5) is 5.13 Å². The van der Waals surface area contributed by atoms with Gasteiger partial charge in [0.25, 0.3) is 5.91 Å². The standard InChI is InChI=1S/C21H24ClN3OS/c1-14-10-11-18-19(15(14)2)23-21(27-18)25(13-7-12-24(3)4)20(26)16-8-5-6-9-17(16)22/h5-6,8-11H,7,12-13H2,1-4H3. The van der Waals surface area contributed by atoms with E-state index in [0.29, 0.717) is 17.1 Å². The van der Waals surface area contributed by atoms with Crippen LogP contribution in [0.25, 0.3) is 10.2 Å². The van der Waals surface area contributed by atoms with Crippen molar-refractivity contribution in [2.24, 2.45) is 0 Å². The van der Waals surface area contributed by atoms with E-state index in [1.54, 1.807) is 28.4 Å². The van der Waals surface area contributed by atoms with Crippen LogP contribution in [-0.4, -0.2) is 43.0 Å². The Morgan fingerprint density at radius 1 is 1.11 bits per heavy atom. The molecule has 0 aliphatic heterocycles. The molecule has 0 aliphatic rings. The van der Waals surface area contributed by atoms with Gasteiger partial charge in [0.2, 0.25) is 0 Å². The molecule has 0 aliphatic carbocycles. The maximum absolute atomic E-state index is 13.3. The number of nitrogens with zero attached hydrogens (tertiary/aromatic N) is 3. The molecule has 0 spiro atoms. The minimum Gasteiger partial charge on any atom is -0.309 e. The zero-order valence-electron chi connectivity index (χ0n) is 16.1. The number of fused-ring (bicyclic) bond motifs is 1. The van der Waals surface area contributed by atoms with Crippen molar-refractivity contribution in [1.82, 2.24) is 9.88 Å². The van der Waals surface area contributed by atoms with Gasteiger partial charge in [0.15, 0.2) is 5.13 Å². The third-order valence-corrected chi connectivity index (χ3v) is 6.01. The first kappa shape index (κ1) is 19.8. The van der Waals surface area contributed by atoms with E-state index in [9.17, 15) is 4.79 Å². The second-order valence-corrected chi connectivity index (χ2v) is 8.36. The van der Waals surface area contributed by atoms with E-state index in [2.05, 4.69) is 30.9 Å². The molecular weight excluding hydrogens is 378 g/mol. The van der Waals surface area contributed by atoms with Crippen molar-refractivity contribution >= 4 is 44.2 Å². The molecule has 2 aromatic carbocycles. The topological polar surface area (TPSA) is 36.4 Å². The third kappa shape index (κ3) is 4.32. The molecule has 1 aromatic heterocycles. The molecule has 0 saturated heterocycles. The van der Waals surface area contributed by atoms with E-state index in [1.165, 1.54) is 5.56 Å². The van der Waals surface area contributed by atoms with Gasteiger partial charge in [-0.25, -0.2) is 4.98 Å². The number of benzene rings is 2. The van der Waals surface area contributed by atoms with Gasteiger partial charge >= 0.3 is 0 Å². The van der Waals surface area contributed by atoms with Crippen molar-refractivity contribution in [2.75, 3.05) is 32.1 Å². The highest BCUT2D eigenvalue weighted by atomic mass is 35.5. The molecule has 0 unspecified atom stereocenters. The summed E-state index contributed by atoms with van der Waals surface area (Å²) in [5, 5.41) is 1.19. The quantitative estimate of drug-likeness (QED) is 0.572. The van der Waals surface area contributed by atoms with E-state index in [-0.39, 0.29) is 5.91 Å². The molecule has 142 valence electrons. The highest BCUT2D eigenvalue weighted by molar-refractivity contribution is 7.22. The fraction of sp³-hybridized carbons (Fsp3) is 0.333. The zero-order chi connectivity index (χ0) is 19.6. The van der Waals surface area contributed by atoms with Crippen LogP contribution in [0.3, 0.4) is 0 Å². The highest BCUT2D eigenvalue weighted by Crippen LogP contribution is 2.33. The van der Waals surface area contributed by atoms with Gasteiger partial charge in [0.1, 0.15) is 0 Å². The number of anilines is 1. The Labute approximate surface area is 169 Å². The Morgan fingerprint density at radius 3 is 2.56 bits per heavy atom. The Hall–Kier alpha value is -1.95. The molecule has 27 heavy (non-hydrogen) atoms. The Kier molecular flexibility index (Phi) is 6.15. The first-order valence-corrected chi connectivity index (χ1v) is 10.2. The summed E-state index contributed by atoms with van der Waals surface area (Å²) in [6, 6.07) is 11.4. The van der Waals surface area contributed by atoms with Crippen LogP contribution in [0.2, 0.25) is 5.02 Å². The fourth-order valence-corrected chi connectivity index (χ4v) is 4.20. The van der Waals surface area contributed by atoms with Crippen LogP contribution < -0.4 is 4.90 Å². The molecule has 0 fully saturated rings. The number of carbonyl (C=O) groups is 1. The SMILES string of the molecule is Cc1ccc2sc(N(CCCN(C)C)C(=O)c3ccccc3Cl)nc2c1C. The summed E-state index contributed by atoms with van der Waals surface area (Å²) < 4.78 is 1.10. The van der Waals surface area contributed by atoms with E-state index < -0.39 is 0 Å². The number of hydrogen-bond donors (Lipinski definition) is 0. The number of hydrogen-bond acceptors (Lipinski definition) is 4. The van der Waals surface area contributed by atoms with Crippen molar-refractivity contribution in [1.29, 1.82) is 0 Å². The van der Waals surface area contributed by atoms with Crippen LogP contribution in [0.5, 0.6) is 0 Å². The third-order valence-electron chi connectivity index (χ3n) is 4.64. The summed E-state index contributed by atoms with van der Waals surface area (Å²) in [5.41, 5.74) is 3.85. The van der Waals surface area contributed by atoms with E-state index in [1.807, 2.05) is 26.2 Å². The van der Waals surface area contributed by atoms with Crippen molar-refractivity contribution in [2.45, 2.75) is 20.3 Å². The predicted octanol–water partition coefficient (Wildman–Crippen LogP) is 5.17. The largest absolute Gasteiger partial charge is 0.309 e. The molecule has 0 bridgehead atoms. The van der Waals surface area contributed by atoms with Gasteiger partial charge in [0.05, 0.1) is 20.8 Å². The number of halogens is 1. The zero-order valence-corrected chi connectivity index (χ0v) is 17.7. The number of aryl methyl sites for hydroxylation is 2. The molecule has 6 heteroatoms. The summed E-state index contributed by atoms with van der Waals surface area (Å²) in [6.07, 6.45) is 0.858. The molecule has 0 radical (unpaired) electrons. The molecular formula is C21H24ClN3OS. The molecule has 1 heterocycles. The van der Waals surface area contributed by atoms with Crippen LogP contribution in [0, 0.1) is 13.8 Å². The second kappa shape index (κ2) is 8.38. The Bertz CT molecular complexity index is 967. The van der Waals surface area contributed by atoms with Crippen LogP contribution in [0.15, 0.2) is 36.4 Å². The molecule has 0 atom stereocenters. The number of rotatable bonds is 6. The summed E-state index contributed by atoms with van der Waals surface area (Å²) in [7, 11) is 4.06. The predicted molar refractivity (Wildman–Crippen MR) is 115 cm³/mol. The van der Waals surface area contributed by atoms with Crippen LogP contribution >= 0.6 is 22.9 Å². The summed E-state index contributed by atoms with van der Waals surface area (Å²) in [4.78, 5) is 22.0. The number of thiazole rings is 1. The van der Waals surface area contributed by atoms with Gasteiger partial charge in [-0.2, -0.15) is 0 Å². The molecule has 0 saturated carbocycles. The van der Waals surface area contributed by atoms with E-state index in [4.69, 9.17) is 16.6 Å². The summed E-state index contributed by atoms with van der Waals surface area (Å²) >= 11 is 7.84. The summed E-state index contributed by atoms with van der Waals surface area (Å²) in [5.74, 6) is -0.104. The Morgan fingerprint density at radius 2 is 1.85 bits per heavy atom. The second-order valence-electron chi connectivity index (χ2n) is 6.94. The first-order chi connectivity index (χ1) is 12.9. The van der Waals surface area contributed by atoms with Crippen molar-refractivity contribution < 1.29 is 4.79 Å². The minimum absolute atomic E-state index is 0.104. The minimum atomic E-state index is -0.104. The van der Waals surface area contributed by atoms with E-state index >= 15 is 0 Å². The molecule has 3 rings (SSSR count). The van der Waals surface area contributed by atoms with Crippen molar-refractivity contribution in [3.63, 3.8) is 0 Å². The first-order valence-electron chi connectivity index (χ1n) is 8.96. The molecule has 3 aromatic rings. The normalized spacial score (nSPS) is 11.3. The van der Waals surface area contributed by atoms with Gasteiger partial charge in [-0.1, -0.05) is 41.1 Å². The monoisotopic (exact) mass is 401 g/mol. The van der Waals surface area contributed by atoms with Crippen LogP contribution in [0.1, 0.15) is 27.9 Å². The fourth-order valence-electron chi connectivity index (χ4n) is 2.94. The lowest BCUT2D eigenvalue weighted by Crippen LogP contribution is -2.33. The number of aromatic nitrogens is 1. The van der Waals surface area contributed by atoms with Gasteiger partial charge in [-0.15, -0.1) is 0 Å². The number of amides is 1. The number of carbonyl (C=O) groups excluding carboxylic acids is 1. The average molecular weight is 402 g/mol. The van der Waals surface area contributed by atoms with E-state index in [0.717, 1.165) is 33.9 Å².